The molecule has 0 saturated heterocycles. The average Bonchev–Trinajstić information content (AvgIpc) is 3.22. The lowest BCUT2D eigenvalue weighted by Gasteiger charge is -2.25. The molecule has 1 atom stereocenters. The van der Waals surface area contributed by atoms with Crippen LogP contribution in [0, 0.1) is 20.8 Å². The summed E-state index contributed by atoms with van der Waals surface area (Å²) in [5, 5.41) is 0.459. The molecule has 0 aliphatic carbocycles. The maximum Gasteiger partial charge on any atom is 0.296 e. The van der Waals surface area contributed by atoms with E-state index in [9.17, 15) is 9.59 Å². The smallest absolute Gasteiger partial charge is 0.296 e. The highest BCUT2D eigenvalue weighted by Crippen LogP contribution is 2.41. The van der Waals surface area contributed by atoms with Gasteiger partial charge in [0.1, 0.15) is 23.8 Å². The molecule has 1 aliphatic rings. The van der Waals surface area contributed by atoms with E-state index in [4.69, 9.17) is 9.15 Å². The van der Waals surface area contributed by atoms with Gasteiger partial charge in [0, 0.05) is 5.69 Å². The summed E-state index contributed by atoms with van der Waals surface area (Å²) < 4.78 is 12.2. The highest BCUT2D eigenvalue weighted by molar-refractivity contribution is 6.10. The van der Waals surface area contributed by atoms with Crippen LogP contribution < -0.4 is 15.1 Å². The van der Waals surface area contributed by atoms with Crippen molar-refractivity contribution in [3.05, 3.63) is 134 Å². The number of hydrogen-bond acceptors (Lipinski definition) is 5. The lowest BCUT2D eigenvalue weighted by molar-refractivity contribution is 0.0970. The molecule has 2 aromatic heterocycles. The standard InChI is InChI=1S/C32H26N2O4/c1-19-15-25-26(16-20(19)2)38-31-28(30(25)35)29(34(32(31)36)27-14-7-9-21(3)33-27)23-12-8-13-24(17-23)37-18-22-10-5-4-6-11-22/h4-17,29H,18H2,1-3H3. The molecule has 3 aromatic carbocycles. The van der Waals surface area contributed by atoms with E-state index in [-0.39, 0.29) is 11.2 Å². The monoisotopic (exact) mass is 502 g/mol. The Morgan fingerprint density at radius 1 is 0.868 bits per heavy atom. The van der Waals surface area contributed by atoms with Crippen molar-refractivity contribution in [2.45, 2.75) is 33.4 Å². The van der Waals surface area contributed by atoms with Gasteiger partial charge < -0.3 is 9.15 Å². The number of nitrogens with zero attached hydrogens (tertiary/aromatic N) is 2. The van der Waals surface area contributed by atoms with E-state index in [0.29, 0.717) is 34.7 Å². The molecule has 38 heavy (non-hydrogen) atoms. The average molecular weight is 503 g/mol. The first-order valence-electron chi connectivity index (χ1n) is 12.5. The second kappa shape index (κ2) is 9.30. The quantitative estimate of drug-likeness (QED) is 0.276. The van der Waals surface area contributed by atoms with Crippen molar-refractivity contribution in [3.8, 4) is 5.75 Å². The predicted molar refractivity (Wildman–Crippen MR) is 147 cm³/mol. The van der Waals surface area contributed by atoms with Gasteiger partial charge in [0.15, 0.2) is 5.43 Å². The van der Waals surface area contributed by atoms with Crippen molar-refractivity contribution in [2.24, 2.45) is 0 Å². The number of amides is 1. The Hall–Kier alpha value is -4.71. The summed E-state index contributed by atoms with van der Waals surface area (Å²) in [4.78, 5) is 34.0. The highest BCUT2D eigenvalue weighted by atomic mass is 16.5. The number of ether oxygens (including phenoxy) is 1. The van der Waals surface area contributed by atoms with Crippen molar-refractivity contribution in [1.29, 1.82) is 0 Å². The van der Waals surface area contributed by atoms with E-state index >= 15 is 0 Å². The summed E-state index contributed by atoms with van der Waals surface area (Å²) in [7, 11) is 0. The molecule has 0 spiro atoms. The van der Waals surface area contributed by atoms with Crippen molar-refractivity contribution in [1.82, 2.24) is 4.98 Å². The molecule has 6 heteroatoms. The Labute approximate surface area is 220 Å². The summed E-state index contributed by atoms with van der Waals surface area (Å²) in [5.74, 6) is 0.754. The van der Waals surface area contributed by atoms with E-state index in [2.05, 4.69) is 4.98 Å². The van der Waals surface area contributed by atoms with Crippen LogP contribution in [0.5, 0.6) is 5.75 Å². The van der Waals surface area contributed by atoms with Crippen LogP contribution in [0.2, 0.25) is 0 Å². The van der Waals surface area contributed by atoms with Crippen molar-refractivity contribution in [3.63, 3.8) is 0 Å². The number of benzene rings is 3. The second-order valence-corrected chi connectivity index (χ2v) is 9.67. The molecule has 0 N–H and O–H groups in total. The van der Waals surface area contributed by atoms with Gasteiger partial charge in [-0.3, -0.25) is 14.5 Å². The van der Waals surface area contributed by atoms with Gasteiger partial charge >= 0.3 is 0 Å². The third-order valence-corrected chi connectivity index (χ3v) is 7.03. The van der Waals surface area contributed by atoms with Gasteiger partial charge in [0.25, 0.3) is 5.91 Å². The molecule has 188 valence electrons. The molecule has 1 aliphatic heterocycles. The number of fused-ring (bicyclic) bond motifs is 2. The minimum Gasteiger partial charge on any atom is -0.489 e. The van der Waals surface area contributed by atoms with Crippen LogP contribution in [0.4, 0.5) is 5.82 Å². The van der Waals surface area contributed by atoms with Gasteiger partial charge in [0.2, 0.25) is 5.76 Å². The summed E-state index contributed by atoms with van der Waals surface area (Å²) in [6.45, 7) is 6.18. The summed E-state index contributed by atoms with van der Waals surface area (Å²) in [6, 6.07) is 25.9. The zero-order valence-corrected chi connectivity index (χ0v) is 21.4. The fourth-order valence-electron chi connectivity index (χ4n) is 4.96. The Balaban J connectivity index is 1.51. The Kier molecular flexibility index (Phi) is 5.80. The zero-order valence-electron chi connectivity index (χ0n) is 21.4. The Morgan fingerprint density at radius 2 is 1.63 bits per heavy atom. The number of pyridine rings is 1. The van der Waals surface area contributed by atoms with E-state index in [1.807, 2.05) is 99.6 Å². The van der Waals surface area contributed by atoms with Gasteiger partial charge in [-0.05, 0) is 79.4 Å². The topological polar surface area (TPSA) is 72.6 Å². The van der Waals surface area contributed by atoms with Crippen LogP contribution in [-0.4, -0.2) is 10.9 Å². The number of anilines is 1. The number of aryl methyl sites for hydroxylation is 3. The van der Waals surface area contributed by atoms with E-state index in [0.717, 1.165) is 27.9 Å². The van der Waals surface area contributed by atoms with Gasteiger partial charge in [-0.15, -0.1) is 0 Å². The van der Waals surface area contributed by atoms with Crippen molar-refractivity contribution in [2.75, 3.05) is 4.90 Å². The first-order valence-corrected chi connectivity index (χ1v) is 12.5. The minimum atomic E-state index is -0.714. The Bertz CT molecular complexity index is 1760. The van der Waals surface area contributed by atoms with E-state index in [1.54, 1.807) is 11.0 Å². The molecule has 0 fully saturated rings. The summed E-state index contributed by atoms with van der Waals surface area (Å²) in [5.41, 5.74) is 5.03. The van der Waals surface area contributed by atoms with Crippen LogP contribution in [0.3, 0.4) is 0 Å². The molecule has 0 saturated carbocycles. The lowest BCUT2D eigenvalue weighted by Crippen LogP contribution is -2.30. The first-order chi connectivity index (χ1) is 18.4. The maximum atomic E-state index is 14.0. The molecule has 0 radical (unpaired) electrons. The van der Waals surface area contributed by atoms with Crippen LogP contribution >= 0.6 is 0 Å². The number of hydrogen-bond donors (Lipinski definition) is 0. The van der Waals surface area contributed by atoms with Crippen LogP contribution in [0.15, 0.2) is 94.1 Å². The summed E-state index contributed by atoms with van der Waals surface area (Å²) >= 11 is 0. The predicted octanol–water partition coefficient (Wildman–Crippen LogP) is 6.44. The largest absolute Gasteiger partial charge is 0.489 e. The molecule has 0 bridgehead atoms. The fraction of sp³-hybridized carbons (Fsp3) is 0.156. The molecule has 5 aromatic rings. The second-order valence-electron chi connectivity index (χ2n) is 9.67. The normalized spacial score (nSPS) is 14.7. The third-order valence-electron chi connectivity index (χ3n) is 7.03. The SMILES string of the molecule is Cc1cccc(N2C(=O)c3oc4cc(C)c(C)cc4c(=O)c3C2c2cccc(OCc3ccccc3)c2)n1. The van der Waals surface area contributed by atoms with Gasteiger partial charge in [-0.1, -0.05) is 48.5 Å². The molecule has 6 rings (SSSR count). The van der Waals surface area contributed by atoms with Crippen molar-refractivity contribution >= 4 is 22.7 Å². The van der Waals surface area contributed by atoms with Crippen LogP contribution in [0.1, 0.15) is 50.1 Å². The molecule has 3 heterocycles. The summed E-state index contributed by atoms with van der Waals surface area (Å²) in [6.07, 6.45) is 0. The Morgan fingerprint density at radius 3 is 2.42 bits per heavy atom. The minimum absolute atomic E-state index is 0.0506. The highest BCUT2D eigenvalue weighted by Gasteiger charge is 2.44. The number of rotatable bonds is 5. The van der Waals surface area contributed by atoms with Gasteiger partial charge in [0.05, 0.1) is 17.0 Å². The molecule has 1 amide bonds. The van der Waals surface area contributed by atoms with Gasteiger partial charge in [-0.2, -0.15) is 0 Å². The third kappa shape index (κ3) is 4.04. The number of carbonyl (C=O) groups excluding carboxylic acids is 1. The zero-order chi connectivity index (χ0) is 26.4. The number of aromatic nitrogens is 1. The molecular weight excluding hydrogens is 476 g/mol. The maximum absolute atomic E-state index is 14.0. The van der Waals surface area contributed by atoms with E-state index in [1.165, 1.54) is 0 Å². The van der Waals surface area contributed by atoms with Crippen LogP contribution in [0.25, 0.3) is 11.0 Å². The lowest BCUT2D eigenvalue weighted by atomic mass is 9.97. The van der Waals surface area contributed by atoms with Gasteiger partial charge in [-0.25, -0.2) is 4.98 Å². The molecular formula is C32H26N2O4. The molecule has 1 unspecified atom stereocenters. The molecule has 6 nitrogen and oxygen atoms in total. The first kappa shape index (κ1) is 23.7. The number of carbonyl (C=O) groups is 1. The fourth-order valence-corrected chi connectivity index (χ4v) is 4.96. The van der Waals surface area contributed by atoms with E-state index < -0.39 is 11.9 Å². The van der Waals surface area contributed by atoms with Crippen LogP contribution in [-0.2, 0) is 6.61 Å². The van der Waals surface area contributed by atoms with Crippen molar-refractivity contribution < 1.29 is 13.9 Å².